The molecule has 118 valence electrons. The van der Waals surface area contributed by atoms with Gasteiger partial charge in [0.15, 0.2) is 5.65 Å². The van der Waals surface area contributed by atoms with E-state index in [-0.39, 0.29) is 5.91 Å². The molecule has 0 aliphatic carbocycles. The smallest absolute Gasteiger partial charge is 0.257 e. The molecule has 0 saturated heterocycles. The molecule has 3 aromatic rings. The molecule has 0 bridgehead atoms. The summed E-state index contributed by atoms with van der Waals surface area (Å²) in [5.41, 5.74) is 3.85. The van der Waals surface area contributed by atoms with Crippen LogP contribution in [-0.2, 0) is 18.4 Å². The van der Waals surface area contributed by atoms with Crippen molar-refractivity contribution in [1.82, 2.24) is 14.8 Å². The van der Waals surface area contributed by atoms with Crippen LogP contribution in [0, 0.1) is 6.92 Å². The van der Waals surface area contributed by atoms with Gasteiger partial charge in [-0.25, -0.2) is 4.98 Å². The number of carbonyl (C=O) groups excluding carboxylic acids is 1. The fourth-order valence-corrected chi connectivity index (χ4v) is 2.54. The highest BCUT2D eigenvalue weighted by molar-refractivity contribution is 6.05. The summed E-state index contributed by atoms with van der Waals surface area (Å²) < 4.78 is 6.81. The zero-order chi connectivity index (χ0) is 16.4. The Kier molecular flexibility index (Phi) is 4.08. The predicted octanol–water partition coefficient (Wildman–Crippen LogP) is 2.68. The van der Waals surface area contributed by atoms with Crippen LogP contribution in [0.25, 0.3) is 11.0 Å². The van der Waals surface area contributed by atoms with Crippen molar-refractivity contribution >= 4 is 22.6 Å². The van der Waals surface area contributed by atoms with Crippen LogP contribution in [0.15, 0.2) is 36.5 Å². The first-order chi connectivity index (χ1) is 11.1. The van der Waals surface area contributed by atoms with Gasteiger partial charge in [0, 0.05) is 31.4 Å². The highest BCUT2D eigenvalue weighted by atomic mass is 16.5. The lowest BCUT2D eigenvalue weighted by Crippen LogP contribution is -2.12. The number of aryl methyl sites for hydroxylation is 2. The maximum atomic E-state index is 12.4. The third-order valence-electron chi connectivity index (χ3n) is 3.62. The van der Waals surface area contributed by atoms with Crippen molar-refractivity contribution in [2.45, 2.75) is 13.5 Å². The Morgan fingerprint density at radius 2 is 2.17 bits per heavy atom. The number of nitrogens with zero attached hydrogens (tertiary/aromatic N) is 3. The summed E-state index contributed by atoms with van der Waals surface area (Å²) >= 11 is 0. The maximum absolute atomic E-state index is 12.4. The number of carbonyl (C=O) groups is 1. The molecular formula is C17H18N4O2. The molecule has 1 aromatic carbocycles. The summed E-state index contributed by atoms with van der Waals surface area (Å²) in [5.74, 6) is -0.197. The Labute approximate surface area is 134 Å². The van der Waals surface area contributed by atoms with Crippen LogP contribution in [0.3, 0.4) is 0 Å². The number of rotatable bonds is 4. The Morgan fingerprint density at radius 3 is 2.96 bits per heavy atom. The molecule has 0 radical (unpaired) electrons. The Morgan fingerprint density at radius 1 is 1.35 bits per heavy atom. The molecule has 6 nitrogen and oxygen atoms in total. The number of nitrogens with one attached hydrogen (secondary N) is 1. The van der Waals surface area contributed by atoms with Crippen LogP contribution in [0.1, 0.15) is 21.6 Å². The topological polar surface area (TPSA) is 69.0 Å². The van der Waals surface area contributed by atoms with Crippen molar-refractivity contribution in [3.05, 3.63) is 53.3 Å². The molecule has 1 amide bonds. The molecule has 0 aliphatic rings. The zero-order valence-corrected chi connectivity index (χ0v) is 13.3. The number of ether oxygens (including phenoxy) is 1. The van der Waals surface area contributed by atoms with Gasteiger partial charge in [-0.1, -0.05) is 12.1 Å². The van der Waals surface area contributed by atoms with Crippen molar-refractivity contribution in [3.8, 4) is 0 Å². The SMILES string of the molecule is COCc1cccc(NC(=O)c2cnc3c(c2)c(C)nn3C)c1. The van der Waals surface area contributed by atoms with Crippen LogP contribution >= 0.6 is 0 Å². The third-order valence-corrected chi connectivity index (χ3v) is 3.62. The monoisotopic (exact) mass is 310 g/mol. The molecule has 0 saturated carbocycles. The van der Waals surface area contributed by atoms with Crippen LogP contribution in [0.2, 0.25) is 0 Å². The first kappa shape index (κ1) is 15.2. The van der Waals surface area contributed by atoms with Gasteiger partial charge in [-0.15, -0.1) is 0 Å². The van der Waals surface area contributed by atoms with Crippen molar-refractivity contribution in [1.29, 1.82) is 0 Å². The summed E-state index contributed by atoms with van der Waals surface area (Å²) in [6.45, 7) is 2.41. The van der Waals surface area contributed by atoms with E-state index in [2.05, 4.69) is 15.4 Å². The van der Waals surface area contributed by atoms with Gasteiger partial charge in [0.1, 0.15) is 0 Å². The lowest BCUT2D eigenvalue weighted by molar-refractivity contribution is 0.102. The molecule has 0 aliphatic heterocycles. The first-order valence-corrected chi connectivity index (χ1v) is 7.27. The van der Waals surface area contributed by atoms with Gasteiger partial charge in [0.2, 0.25) is 0 Å². The fraction of sp³-hybridized carbons (Fsp3) is 0.235. The minimum atomic E-state index is -0.197. The molecule has 2 heterocycles. The largest absolute Gasteiger partial charge is 0.380 e. The second-order valence-electron chi connectivity index (χ2n) is 5.39. The van der Waals surface area contributed by atoms with Crippen molar-refractivity contribution in [3.63, 3.8) is 0 Å². The molecule has 0 fully saturated rings. The van der Waals surface area contributed by atoms with Crippen LogP contribution in [0.5, 0.6) is 0 Å². The van der Waals surface area contributed by atoms with Crippen molar-refractivity contribution in [2.24, 2.45) is 7.05 Å². The molecule has 23 heavy (non-hydrogen) atoms. The van der Waals surface area contributed by atoms with Crippen LogP contribution in [0.4, 0.5) is 5.69 Å². The number of amides is 1. The molecule has 1 N–H and O–H groups in total. The molecule has 0 atom stereocenters. The summed E-state index contributed by atoms with van der Waals surface area (Å²) in [6.07, 6.45) is 1.57. The first-order valence-electron chi connectivity index (χ1n) is 7.27. The second kappa shape index (κ2) is 6.18. The van der Waals surface area contributed by atoms with E-state index in [4.69, 9.17) is 4.74 Å². The van der Waals surface area contributed by atoms with Gasteiger partial charge in [0.05, 0.1) is 17.9 Å². The van der Waals surface area contributed by atoms with E-state index in [0.29, 0.717) is 12.2 Å². The zero-order valence-electron chi connectivity index (χ0n) is 13.3. The van der Waals surface area contributed by atoms with Crippen molar-refractivity contribution in [2.75, 3.05) is 12.4 Å². The summed E-state index contributed by atoms with van der Waals surface area (Å²) in [4.78, 5) is 16.8. The van der Waals surface area contributed by atoms with E-state index in [1.54, 1.807) is 18.0 Å². The fourth-order valence-electron chi connectivity index (χ4n) is 2.54. The molecular weight excluding hydrogens is 292 g/mol. The standard InChI is InChI=1S/C17H18N4O2/c1-11-15-8-13(9-18-16(15)21(2)20-11)17(22)19-14-6-4-5-12(7-14)10-23-3/h4-9H,10H2,1-3H3,(H,19,22). The van der Waals surface area contributed by atoms with Gasteiger partial charge < -0.3 is 10.1 Å². The lowest BCUT2D eigenvalue weighted by atomic mass is 10.1. The van der Waals surface area contributed by atoms with E-state index in [0.717, 1.165) is 28.0 Å². The second-order valence-corrected chi connectivity index (χ2v) is 5.39. The van der Waals surface area contributed by atoms with Crippen molar-refractivity contribution < 1.29 is 9.53 Å². The minimum Gasteiger partial charge on any atom is -0.380 e. The number of aromatic nitrogens is 3. The van der Waals surface area contributed by atoms with Crippen LogP contribution < -0.4 is 5.32 Å². The molecule has 0 unspecified atom stereocenters. The van der Waals surface area contributed by atoms with Gasteiger partial charge in [-0.2, -0.15) is 5.10 Å². The van der Waals surface area contributed by atoms with E-state index < -0.39 is 0 Å². The molecule has 2 aromatic heterocycles. The van der Waals surface area contributed by atoms with E-state index >= 15 is 0 Å². The number of hydrogen-bond acceptors (Lipinski definition) is 4. The average Bonchev–Trinajstić information content (AvgIpc) is 2.82. The van der Waals surface area contributed by atoms with Gasteiger partial charge in [0.25, 0.3) is 5.91 Å². The van der Waals surface area contributed by atoms with Crippen LogP contribution in [-0.4, -0.2) is 27.8 Å². The Bertz CT molecular complexity index is 870. The number of pyridine rings is 1. The molecule has 6 heteroatoms. The number of anilines is 1. The van der Waals surface area contributed by atoms with E-state index in [1.165, 1.54) is 0 Å². The highest BCUT2D eigenvalue weighted by Crippen LogP contribution is 2.18. The predicted molar refractivity (Wildman–Crippen MR) is 88.4 cm³/mol. The van der Waals surface area contributed by atoms with Gasteiger partial charge in [-0.3, -0.25) is 9.48 Å². The summed E-state index contributed by atoms with van der Waals surface area (Å²) in [7, 11) is 3.48. The van der Waals surface area contributed by atoms with E-state index in [1.807, 2.05) is 44.3 Å². The normalized spacial score (nSPS) is 10.9. The number of hydrogen-bond donors (Lipinski definition) is 1. The summed E-state index contributed by atoms with van der Waals surface area (Å²) in [6, 6.07) is 9.39. The van der Waals surface area contributed by atoms with E-state index in [9.17, 15) is 4.79 Å². The summed E-state index contributed by atoms with van der Waals surface area (Å²) in [5, 5.41) is 8.08. The molecule has 0 spiro atoms. The number of benzene rings is 1. The maximum Gasteiger partial charge on any atom is 0.257 e. The minimum absolute atomic E-state index is 0.197. The van der Waals surface area contributed by atoms with Gasteiger partial charge >= 0.3 is 0 Å². The molecule has 3 rings (SSSR count). The highest BCUT2D eigenvalue weighted by Gasteiger charge is 2.12. The average molecular weight is 310 g/mol. The van der Waals surface area contributed by atoms with Gasteiger partial charge in [-0.05, 0) is 30.7 Å². The number of fused-ring (bicyclic) bond motifs is 1. The third kappa shape index (κ3) is 3.07. The number of methoxy groups -OCH3 is 1. The quantitative estimate of drug-likeness (QED) is 0.804. The lowest BCUT2D eigenvalue weighted by Gasteiger charge is -2.07. The Hall–Kier alpha value is -2.73. The Balaban J connectivity index is 1.85.